The lowest BCUT2D eigenvalue weighted by molar-refractivity contribution is -0.317. The van der Waals surface area contributed by atoms with Crippen LogP contribution in [0.3, 0.4) is 0 Å². The molecule has 8 N–H and O–H groups in total. The largest absolute Gasteiger partial charge is 0.394 e. The van der Waals surface area contributed by atoms with Gasteiger partial charge in [0, 0.05) is 5.41 Å². The molecule has 0 aromatic rings. The van der Waals surface area contributed by atoms with Crippen molar-refractivity contribution in [3.8, 4) is 0 Å². The number of hydrogen-bond donors (Lipinski definition) is 8. The zero-order chi connectivity index (χ0) is 33.1. The third kappa shape index (κ3) is 5.89. The van der Waals surface area contributed by atoms with Gasteiger partial charge in [-0.15, -0.1) is 0 Å². The van der Waals surface area contributed by atoms with Gasteiger partial charge in [0.1, 0.15) is 24.4 Å². The van der Waals surface area contributed by atoms with Crippen molar-refractivity contribution in [3.63, 3.8) is 0 Å². The van der Waals surface area contributed by atoms with E-state index >= 15 is 0 Å². The first-order valence-electron chi connectivity index (χ1n) is 17.2. The summed E-state index contributed by atoms with van der Waals surface area (Å²) < 4.78 is 11.7. The van der Waals surface area contributed by atoms with Crippen molar-refractivity contribution in [2.24, 2.45) is 40.4 Å². The molecule has 15 atom stereocenters. The standard InChI is InChI=1S/C35H58O10/c1-18(2)20(9-13-36)7-6-19(3)28-26(39)15-22-23-16-25(38)24-14-21(44-32-31(42)30(41)29(40)27(17-37)45-32)8-10-34(24,5)35(23,43)12-11-33(22,28)4/h9,16,18-19,21-22,24-32,36-43H,6-8,10-15,17H2,1-5H3/t19-,21+,22+,24+,25-,26+,27-,28+,29-,30+,31-,32-,33+,34+,35-/m1/s1. The molecule has 0 bridgehead atoms. The molecule has 10 heteroatoms. The van der Waals surface area contributed by atoms with E-state index in [9.17, 15) is 40.9 Å². The first-order valence-corrected chi connectivity index (χ1v) is 17.2. The lowest BCUT2D eigenvalue weighted by Gasteiger charge is -2.63. The second-order valence-electron chi connectivity index (χ2n) is 15.7. The summed E-state index contributed by atoms with van der Waals surface area (Å²) in [5.74, 6) is 0.279. The summed E-state index contributed by atoms with van der Waals surface area (Å²) in [6.45, 7) is 10.3. The van der Waals surface area contributed by atoms with E-state index < -0.39 is 66.6 Å². The summed E-state index contributed by atoms with van der Waals surface area (Å²) in [5.41, 5.74) is 0.111. The van der Waals surface area contributed by atoms with E-state index in [1.807, 2.05) is 12.2 Å². The summed E-state index contributed by atoms with van der Waals surface area (Å²) in [6.07, 6.45) is 0.353. The highest BCUT2D eigenvalue weighted by Crippen LogP contribution is 2.68. The predicted octanol–water partition coefficient (Wildman–Crippen LogP) is 1.80. The highest BCUT2D eigenvalue weighted by atomic mass is 16.7. The van der Waals surface area contributed by atoms with Gasteiger partial charge >= 0.3 is 0 Å². The lowest BCUT2D eigenvalue weighted by Crippen LogP contribution is -2.64. The minimum Gasteiger partial charge on any atom is -0.394 e. The Morgan fingerprint density at radius 1 is 1.00 bits per heavy atom. The predicted molar refractivity (Wildman–Crippen MR) is 166 cm³/mol. The van der Waals surface area contributed by atoms with Crippen molar-refractivity contribution in [2.75, 3.05) is 13.2 Å². The van der Waals surface area contributed by atoms with Gasteiger partial charge in [-0.3, -0.25) is 0 Å². The van der Waals surface area contributed by atoms with Crippen molar-refractivity contribution in [1.29, 1.82) is 0 Å². The number of ether oxygens (including phenoxy) is 2. The fourth-order valence-corrected chi connectivity index (χ4v) is 10.4. The van der Waals surface area contributed by atoms with Crippen LogP contribution in [0.5, 0.6) is 0 Å². The van der Waals surface area contributed by atoms with Crippen molar-refractivity contribution in [3.05, 3.63) is 23.3 Å². The van der Waals surface area contributed by atoms with Gasteiger partial charge in [-0.05, 0) is 91.9 Å². The molecule has 0 aromatic carbocycles. The molecule has 4 fully saturated rings. The summed E-state index contributed by atoms with van der Waals surface area (Å²) in [5, 5.41) is 85.7. The maximum atomic E-state index is 12.6. The first-order chi connectivity index (χ1) is 21.1. The SMILES string of the molecule is CC(C)C(=CCO)CC[C@@H](C)[C@H]1[C@@H](O)C[C@H]2C3=C[C@@H](O)[C@@H]4C[C@@H](O[C@@H]5O[C@H](CO)[C@@H](O)[C@H](O)[C@H]5O)CC[C@]4(C)[C@@]3(O)CC[C@]12C. The molecule has 4 aliphatic carbocycles. The van der Waals surface area contributed by atoms with Crippen molar-refractivity contribution >= 4 is 0 Å². The highest BCUT2D eigenvalue weighted by molar-refractivity contribution is 5.37. The third-order valence-electron chi connectivity index (χ3n) is 13.1. The monoisotopic (exact) mass is 638 g/mol. The Labute approximate surface area is 267 Å². The Hall–Kier alpha value is -0.920. The molecule has 10 nitrogen and oxygen atoms in total. The minimum atomic E-state index is -1.53. The smallest absolute Gasteiger partial charge is 0.186 e. The highest BCUT2D eigenvalue weighted by Gasteiger charge is 2.67. The summed E-state index contributed by atoms with van der Waals surface area (Å²) in [7, 11) is 0. The van der Waals surface area contributed by atoms with Crippen LogP contribution in [0.25, 0.3) is 0 Å². The average Bonchev–Trinajstić information content (AvgIpc) is 3.27. The molecule has 1 heterocycles. The molecule has 0 radical (unpaired) electrons. The molecule has 258 valence electrons. The number of aliphatic hydroxyl groups excluding tert-OH is 7. The number of aliphatic hydroxyl groups is 8. The van der Waals surface area contributed by atoms with Crippen LogP contribution in [0, 0.1) is 40.4 Å². The van der Waals surface area contributed by atoms with Gasteiger partial charge in [-0.25, -0.2) is 0 Å². The lowest BCUT2D eigenvalue weighted by atomic mass is 9.45. The summed E-state index contributed by atoms with van der Waals surface area (Å²) in [6, 6.07) is 0. The second kappa shape index (κ2) is 13.2. The van der Waals surface area contributed by atoms with Gasteiger partial charge in [-0.2, -0.15) is 0 Å². The molecule has 0 aromatic heterocycles. The Balaban J connectivity index is 1.33. The normalized spacial score (nSPS) is 49.2. The van der Waals surface area contributed by atoms with Crippen LogP contribution in [0.15, 0.2) is 23.3 Å². The zero-order valence-electron chi connectivity index (χ0n) is 27.6. The van der Waals surface area contributed by atoms with Crippen LogP contribution in [0.2, 0.25) is 0 Å². The van der Waals surface area contributed by atoms with Crippen LogP contribution in [0.1, 0.15) is 86.0 Å². The molecule has 1 aliphatic heterocycles. The maximum Gasteiger partial charge on any atom is 0.186 e. The Morgan fingerprint density at radius 2 is 1.71 bits per heavy atom. The molecule has 3 saturated carbocycles. The minimum absolute atomic E-state index is 0.0309. The van der Waals surface area contributed by atoms with Gasteiger partial charge in [0.15, 0.2) is 6.29 Å². The molecule has 0 unspecified atom stereocenters. The molecule has 5 rings (SSSR count). The van der Waals surface area contributed by atoms with Crippen molar-refractivity contribution < 1.29 is 50.3 Å². The van der Waals surface area contributed by atoms with E-state index in [1.165, 1.54) is 5.57 Å². The molecule has 0 amide bonds. The van der Waals surface area contributed by atoms with Crippen molar-refractivity contribution in [2.45, 2.75) is 141 Å². The van der Waals surface area contributed by atoms with Gasteiger partial charge < -0.3 is 50.3 Å². The first kappa shape index (κ1) is 35.4. The van der Waals surface area contributed by atoms with E-state index in [-0.39, 0.29) is 35.7 Å². The Kier molecular flexibility index (Phi) is 10.4. The van der Waals surface area contributed by atoms with E-state index in [0.717, 1.165) is 24.8 Å². The van der Waals surface area contributed by atoms with E-state index in [2.05, 4.69) is 34.6 Å². The zero-order valence-corrected chi connectivity index (χ0v) is 27.6. The molecular formula is C35H58O10. The van der Waals surface area contributed by atoms with E-state index in [1.54, 1.807) is 0 Å². The average molecular weight is 639 g/mol. The summed E-state index contributed by atoms with van der Waals surface area (Å²) in [4.78, 5) is 0. The number of allylic oxidation sites excluding steroid dienone is 1. The topological polar surface area (TPSA) is 180 Å². The van der Waals surface area contributed by atoms with Gasteiger partial charge in [0.25, 0.3) is 0 Å². The fraction of sp³-hybridized carbons (Fsp3) is 0.886. The van der Waals surface area contributed by atoms with E-state index in [0.29, 0.717) is 38.0 Å². The maximum absolute atomic E-state index is 12.6. The van der Waals surface area contributed by atoms with Crippen LogP contribution in [0.4, 0.5) is 0 Å². The van der Waals surface area contributed by atoms with Crippen LogP contribution in [-0.2, 0) is 9.47 Å². The molecule has 0 spiro atoms. The van der Waals surface area contributed by atoms with Gasteiger partial charge in [0.05, 0.1) is 37.1 Å². The van der Waals surface area contributed by atoms with Crippen LogP contribution in [-0.4, -0.2) is 109 Å². The molecule has 45 heavy (non-hydrogen) atoms. The fourth-order valence-electron chi connectivity index (χ4n) is 10.4. The molecular weight excluding hydrogens is 580 g/mol. The van der Waals surface area contributed by atoms with Crippen LogP contribution >= 0.6 is 0 Å². The van der Waals surface area contributed by atoms with Gasteiger partial charge in [-0.1, -0.05) is 52.3 Å². The Bertz CT molecular complexity index is 1110. The summed E-state index contributed by atoms with van der Waals surface area (Å²) >= 11 is 0. The molecule has 1 saturated heterocycles. The molecule has 5 aliphatic rings. The van der Waals surface area contributed by atoms with Crippen molar-refractivity contribution in [1.82, 2.24) is 0 Å². The van der Waals surface area contributed by atoms with Crippen LogP contribution < -0.4 is 0 Å². The second-order valence-corrected chi connectivity index (χ2v) is 15.7. The van der Waals surface area contributed by atoms with Gasteiger partial charge in [0.2, 0.25) is 0 Å². The number of hydrogen-bond acceptors (Lipinski definition) is 10. The quantitative estimate of drug-likeness (QED) is 0.174. The Morgan fingerprint density at radius 3 is 2.36 bits per heavy atom. The number of fused-ring (bicyclic) bond motifs is 5. The third-order valence-corrected chi connectivity index (χ3v) is 13.1. The van der Waals surface area contributed by atoms with E-state index in [4.69, 9.17) is 9.47 Å². The number of rotatable bonds is 9.